The Hall–Kier alpha value is -1.82. The highest BCUT2D eigenvalue weighted by molar-refractivity contribution is 6.31. The van der Waals surface area contributed by atoms with Gasteiger partial charge in [-0.15, -0.1) is 0 Å². The lowest BCUT2D eigenvalue weighted by Crippen LogP contribution is -2.55. The molecule has 0 bridgehead atoms. The molecule has 2 aromatic rings. The number of nitrogens with zero attached hydrogens (tertiary/aromatic N) is 2. The zero-order chi connectivity index (χ0) is 25.2. The average Bonchev–Trinajstić information content (AvgIpc) is 2.79. The second-order valence-corrected chi connectivity index (χ2v) is 10.8. The minimum absolute atomic E-state index is 0.0223. The maximum atomic E-state index is 15.5. The smallest absolute Gasteiger partial charge is 0.321 e. The summed E-state index contributed by atoms with van der Waals surface area (Å²) >= 11 is 12.6. The Balaban J connectivity index is 2.28. The van der Waals surface area contributed by atoms with Crippen molar-refractivity contribution in [3.8, 4) is 0 Å². The van der Waals surface area contributed by atoms with Crippen LogP contribution in [0.1, 0.15) is 69.9 Å². The first-order valence-electron chi connectivity index (χ1n) is 11.9. The minimum atomic E-state index is -1.00. The van der Waals surface area contributed by atoms with Crippen LogP contribution in [0.3, 0.4) is 0 Å². The minimum Gasteiger partial charge on any atom is -0.480 e. The summed E-state index contributed by atoms with van der Waals surface area (Å²) in [4.78, 5) is 16.9. The van der Waals surface area contributed by atoms with Crippen LogP contribution in [-0.4, -0.2) is 47.7 Å². The van der Waals surface area contributed by atoms with E-state index in [0.717, 1.165) is 37.8 Å². The van der Waals surface area contributed by atoms with Gasteiger partial charge < -0.3 is 10.0 Å². The van der Waals surface area contributed by atoms with E-state index in [4.69, 9.17) is 23.2 Å². The molecule has 2 atom stereocenters. The molecule has 1 fully saturated rings. The molecule has 1 aliphatic carbocycles. The highest BCUT2D eigenvalue weighted by Gasteiger charge is 2.44. The summed E-state index contributed by atoms with van der Waals surface area (Å²) in [6.07, 6.45) is 5.04. The molecule has 1 saturated carbocycles. The van der Waals surface area contributed by atoms with E-state index in [2.05, 4.69) is 6.92 Å². The topological polar surface area (TPSA) is 43.8 Å². The van der Waals surface area contributed by atoms with Crippen molar-refractivity contribution in [1.29, 1.82) is 0 Å². The van der Waals surface area contributed by atoms with Crippen molar-refractivity contribution < 1.29 is 14.3 Å². The van der Waals surface area contributed by atoms with Gasteiger partial charge in [0.2, 0.25) is 0 Å². The van der Waals surface area contributed by atoms with Crippen LogP contribution >= 0.6 is 23.2 Å². The van der Waals surface area contributed by atoms with Crippen LogP contribution in [0.25, 0.3) is 0 Å². The average molecular weight is 509 g/mol. The molecule has 186 valence electrons. The fraction of sp³-hybridized carbons (Fsp3) is 0.519. The fourth-order valence-electron chi connectivity index (χ4n) is 5.17. The zero-order valence-corrected chi connectivity index (χ0v) is 22.1. The number of rotatable bonds is 8. The third-order valence-electron chi connectivity index (χ3n) is 7.57. The lowest BCUT2D eigenvalue weighted by atomic mass is 9.77. The number of anilines is 1. The summed E-state index contributed by atoms with van der Waals surface area (Å²) in [6, 6.07) is 9.33. The first kappa shape index (κ1) is 26.8. The monoisotopic (exact) mass is 508 g/mol. The van der Waals surface area contributed by atoms with Crippen molar-refractivity contribution in [2.45, 2.75) is 76.4 Å². The molecule has 0 radical (unpaired) electrons. The van der Waals surface area contributed by atoms with E-state index in [1.54, 1.807) is 18.2 Å². The lowest BCUT2D eigenvalue weighted by molar-refractivity contribution is -0.146. The number of hydrogen-bond acceptors (Lipinski definition) is 3. The Morgan fingerprint density at radius 1 is 1.06 bits per heavy atom. The Kier molecular flexibility index (Phi) is 8.54. The van der Waals surface area contributed by atoms with Gasteiger partial charge in [0, 0.05) is 35.3 Å². The number of hydrogen-bond donors (Lipinski definition) is 1. The number of halogens is 3. The molecular weight excluding hydrogens is 474 g/mol. The van der Waals surface area contributed by atoms with Gasteiger partial charge in [0.05, 0.1) is 5.02 Å². The molecule has 0 aliphatic heterocycles. The number of carboxylic acids is 1. The highest BCUT2D eigenvalue weighted by Crippen LogP contribution is 2.43. The first-order valence-corrected chi connectivity index (χ1v) is 12.7. The number of likely N-dealkylation sites (N-methyl/N-ethyl adjacent to an activating group) is 1. The molecule has 2 aromatic carbocycles. The standard InChI is InChI=1S/C27H35Cl2FN2O2/c1-17(2)31(4)22-16-18(28)12-13-19(22)23(20-10-9-11-21(29)24(20)30)25(26(33)34)32(5)27(3)14-7-6-8-15-27/h9-13,16-17,23,25H,6-8,14-15H2,1-5H3,(H,33,34)/t23-,25+/m0/s1. The number of aliphatic carboxylic acids is 1. The molecular formula is C27H35Cl2FN2O2. The summed E-state index contributed by atoms with van der Waals surface area (Å²) in [6.45, 7) is 6.21. The maximum absolute atomic E-state index is 15.5. The number of benzene rings is 2. The molecule has 0 heterocycles. The van der Waals surface area contributed by atoms with Crippen LogP contribution in [0.4, 0.5) is 10.1 Å². The lowest BCUT2D eigenvalue weighted by Gasteiger charge is -2.47. The van der Waals surface area contributed by atoms with E-state index in [9.17, 15) is 9.90 Å². The van der Waals surface area contributed by atoms with E-state index < -0.39 is 23.7 Å². The van der Waals surface area contributed by atoms with Crippen LogP contribution in [0.15, 0.2) is 36.4 Å². The molecule has 0 amide bonds. The molecule has 7 heteroatoms. The summed E-state index contributed by atoms with van der Waals surface area (Å²) in [7, 11) is 3.80. The predicted molar refractivity (Wildman–Crippen MR) is 139 cm³/mol. The van der Waals surface area contributed by atoms with Gasteiger partial charge >= 0.3 is 5.97 Å². The summed E-state index contributed by atoms with van der Waals surface area (Å²) in [5.74, 6) is -2.38. The molecule has 1 aliphatic rings. The zero-order valence-electron chi connectivity index (χ0n) is 20.6. The Labute approximate surface area is 212 Å². The third-order valence-corrected chi connectivity index (χ3v) is 8.09. The van der Waals surface area contributed by atoms with E-state index in [0.29, 0.717) is 10.6 Å². The van der Waals surface area contributed by atoms with Crippen LogP contribution < -0.4 is 4.90 Å². The number of carbonyl (C=O) groups is 1. The van der Waals surface area contributed by atoms with Crippen molar-refractivity contribution in [2.75, 3.05) is 19.0 Å². The Morgan fingerprint density at radius 3 is 2.29 bits per heavy atom. The summed E-state index contributed by atoms with van der Waals surface area (Å²) < 4.78 is 15.5. The van der Waals surface area contributed by atoms with Crippen molar-refractivity contribution in [2.24, 2.45) is 0 Å². The fourth-order valence-corrected chi connectivity index (χ4v) is 5.51. The van der Waals surface area contributed by atoms with Gasteiger partial charge in [-0.2, -0.15) is 0 Å². The normalized spacial score (nSPS) is 17.6. The van der Waals surface area contributed by atoms with Gasteiger partial charge in [-0.1, -0.05) is 60.7 Å². The second kappa shape index (κ2) is 10.8. The van der Waals surface area contributed by atoms with Gasteiger partial charge in [-0.05, 0) is 70.0 Å². The van der Waals surface area contributed by atoms with E-state index >= 15 is 4.39 Å². The van der Waals surface area contributed by atoms with Crippen molar-refractivity contribution in [3.05, 3.63) is 63.4 Å². The number of carboxylic acid groups (broad SMARTS) is 1. The SMILES string of the molecule is CC(C)N(C)c1cc(Cl)ccc1[C@@H](c1cccc(Cl)c1F)[C@H](C(=O)O)N(C)C1(C)CCCCC1. The van der Waals surface area contributed by atoms with E-state index in [1.165, 1.54) is 6.07 Å². The first-order chi connectivity index (χ1) is 16.0. The molecule has 1 N–H and O–H groups in total. The quantitative estimate of drug-likeness (QED) is 0.408. The molecule has 0 aromatic heterocycles. The second-order valence-electron chi connectivity index (χ2n) is 9.98. The molecule has 0 saturated heterocycles. The van der Waals surface area contributed by atoms with Gasteiger partial charge in [0.15, 0.2) is 0 Å². The predicted octanol–water partition coefficient (Wildman–Crippen LogP) is 7.22. The molecule has 0 spiro atoms. The maximum Gasteiger partial charge on any atom is 0.321 e. The highest BCUT2D eigenvalue weighted by atomic mass is 35.5. The van der Waals surface area contributed by atoms with Crippen LogP contribution in [0.2, 0.25) is 10.0 Å². The van der Waals surface area contributed by atoms with Crippen LogP contribution in [0, 0.1) is 5.82 Å². The summed E-state index contributed by atoms with van der Waals surface area (Å²) in [5, 5.41) is 11.1. The van der Waals surface area contributed by atoms with Crippen molar-refractivity contribution in [3.63, 3.8) is 0 Å². The van der Waals surface area contributed by atoms with Gasteiger partial charge in [-0.3, -0.25) is 9.69 Å². The van der Waals surface area contributed by atoms with E-state index in [1.807, 2.05) is 49.9 Å². The molecule has 3 rings (SSSR count). The van der Waals surface area contributed by atoms with E-state index in [-0.39, 0.29) is 22.2 Å². The Bertz CT molecular complexity index is 1020. The molecule has 34 heavy (non-hydrogen) atoms. The van der Waals surface area contributed by atoms with Crippen LogP contribution in [0.5, 0.6) is 0 Å². The summed E-state index contributed by atoms with van der Waals surface area (Å²) in [5.41, 5.74) is 1.46. The van der Waals surface area contributed by atoms with Crippen molar-refractivity contribution in [1.82, 2.24) is 4.90 Å². The van der Waals surface area contributed by atoms with Crippen LogP contribution in [-0.2, 0) is 4.79 Å². The molecule has 0 unspecified atom stereocenters. The third kappa shape index (κ3) is 5.37. The van der Waals surface area contributed by atoms with Gasteiger partial charge in [0.25, 0.3) is 0 Å². The van der Waals surface area contributed by atoms with Gasteiger partial charge in [0.1, 0.15) is 11.9 Å². The molecule has 4 nitrogen and oxygen atoms in total. The van der Waals surface area contributed by atoms with Crippen molar-refractivity contribution >= 4 is 34.9 Å². The van der Waals surface area contributed by atoms with Gasteiger partial charge in [-0.25, -0.2) is 4.39 Å². The Morgan fingerprint density at radius 2 is 1.71 bits per heavy atom. The largest absolute Gasteiger partial charge is 0.480 e.